The number of rotatable bonds is 8. The summed E-state index contributed by atoms with van der Waals surface area (Å²) in [5.74, 6) is -0.897. The largest absolute Gasteiger partial charge is 0.441 e. The molecule has 5 nitrogen and oxygen atoms in total. The molecule has 0 saturated heterocycles. The average Bonchev–Trinajstić information content (AvgIpc) is 2.98. The van der Waals surface area contributed by atoms with Gasteiger partial charge in [0.25, 0.3) is 0 Å². The van der Waals surface area contributed by atoms with Crippen LogP contribution in [0.4, 0.5) is 8.78 Å². The lowest BCUT2D eigenvalue weighted by molar-refractivity contribution is -0.121. The molecule has 1 aromatic carbocycles. The van der Waals surface area contributed by atoms with Gasteiger partial charge in [-0.05, 0) is 32.1 Å². The number of carbonyl (C=O) groups excluding carboxylic acids is 1. The maximum atomic E-state index is 13.7. The van der Waals surface area contributed by atoms with Crippen molar-refractivity contribution in [3.05, 3.63) is 41.9 Å². The molecule has 2 aromatic rings. The van der Waals surface area contributed by atoms with Gasteiger partial charge in [-0.15, -0.1) is 24.8 Å². The number of carbonyl (C=O) groups is 1. The maximum absolute atomic E-state index is 13.7. The Bertz CT molecular complexity index is 669. The third-order valence-corrected chi connectivity index (χ3v) is 3.24. The third-order valence-electron chi connectivity index (χ3n) is 3.24. The van der Waals surface area contributed by atoms with Crippen molar-refractivity contribution in [1.82, 2.24) is 15.6 Å². The second-order valence-corrected chi connectivity index (χ2v) is 5.05. The Morgan fingerprint density at radius 3 is 2.68 bits per heavy atom. The summed E-state index contributed by atoms with van der Waals surface area (Å²) in [5, 5.41) is 5.79. The van der Waals surface area contributed by atoms with Gasteiger partial charge in [-0.2, -0.15) is 0 Å². The number of amides is 1. The Hall–Kier alpha value is -1.70. The minimum Gasteiger partial charge on any atom is -0.441 e. The minimum atomic E-state index is -0.713. The van der Waals surface area contributed by atoms with Crippen molar-refractivity contribution in [3.63, 3.8) is 0 Å². The van der Waals surface area contributed by atoms with Crippen LogP contribution < -0.4 is 10.6 Å². The number of aryl methyl sites for hydroxylation is 1. The fourth-order valence-corrected chi connectivity index (χ4v) is 2.04. The SMILES string of the molecule is CNCCCNC(=O)CCc1ncc(-c2ccc(F)cc2F)o1.Cl.Cl. The molecular formula is C16H21Cl2F2N3O2. The monoisotopic (exact) mass is 395 g/mol. The van der Waals surface area contributed by atoms with Crippen LogP contribution in [0.15, 0.2) is 28.8 Å². The predicted molar refractivity (Wildman–Crippen MR) is 96.2 cm³/mol. The van der Waals surface area contributed by atoms with Crippen LogP contribution in [0.2, 0.25) is 0 Å². The van der Waals surface area contributed by atoms with Crippen LogP contribution in [0.1, 0.15) is 18.7 Å². The zero-order valence-electron chi connectivity index (χ0n) is 13.7. The second kappa shape index (κ2) is 11.8. The molecule has 1 heterocycles. The molecule has 2 rings (SSSR count). The topological polar surface area (TPSA) is 67.2 Å². The summed E-state index contributed by atoms with van der Waals surface area (Å²) in [5.41, 5.74) is 0.140. The molecule has 0 aliphatic heterocycles. The summed E-state index contributed by atoms with van der Waals surface area (Å²) in [7, 11) is 1.85. The first kappa shape index (κ1) is 23.3. The summed E-state index contributed by atoms with van der Waals surface area (Å²) in [6.07, 6.45) is 2.79. The van der Waals surface area contributed by atoms with E-state index in [1.54, 1.807) is 0 Å². The van der Waals surface area contributed by atoms with Crippen molar-refractivity contribution in [2.45, 2.75) is 19.3 Å². The molecule has 0 spiro atoms. The Balaban J connectivity index is 0.00000288. The van der Waals surface area contributed by atoms with Gasteiger partial charge < -0.3 is 15.1 Å². The Kier molecular flexibility index (Phi) is 11.0. The molecule has 2 N–H and O–H groups in total. The van der Waals surface area contributed by atoms with Crippen molar-refractivity contribution in [1.29, 1.82) is 0 Å². The highest BCUT2D eigenvalue weighted by molar-refractivity contribution is 5.85. The first-order valence-electron chi connectivity index (χ1n) is 7.41. The number of halogens is 4. The van der Waals surface area contributed by atoms with E-state index in [-0.39, 0.29) is 48.5 Å². The van der Waals surface area contributed by atoms with Gasteiger partial charge in [0, 0.05) is 25.5 Å². The van der Waals surface area contributed by atoms with Gasteiger partial charge in [-0.25, -0.2) is 13.8 Å². The highest BCUT2D eigenvalue weighted by Crippen LogP contribution is 2.24. The van der Waals surface area contributed by atoms with Gasteiger partial charge in [0.15, 0.2) is 11.7 Å². The van der Waals surface area contributed by atoms with E-state index < -0.39 is 11.6 Å². The van der Waals surface area contributed by atoms with Crippen LogP contribution in [-0.2, 0) is 11.2 Å². The fourth-order valence-electron chi connectivity index (χ4n) is 2.04. The number of aromatic nitrogens is 1. The van der Waals surface area contributed by atoms with Crippen LogP contribution >= 0.6 is 24.8 Å². The number of hydrogen-bond acceptors (Lipinski definition) is 4. The maximum Gasteiger partial charge on any atom is 0.220 e. The molecule has 0 fully saturated rings. The molecule has 0 radical (unpaired) electrons. The standard InChI is InChI=1S/C16H19F2N3O2.2ClH/c1-19-7-2-8-20-15(22)5-6-16-21-10-14(23-16)12-4-3-11(17)9-13(12)18;;/h3-4,9-10,19H,2,5-8H2,1H3,(H,20,22);2*1H. The Morgan fingerprint density at radius 1 is 1.24 bits per heavy atom. The van der Waals surface area contributed by atoms with Crippen LogP contribution in [0.3, 0.4) is 0 Å². The average molecular weight is 396 g/mol. The predicted octanol–water partition coefficient (Wildman–Crippen LogP) is 3.12. The zero-order chi connectivity index (χ0) is 16.7. The van der Waals surface area contributed by atoms with Crippen LogP contribution in [0, 0.1) is 11.6 Å². The third kappa shape index (κ3) is 7.37. The van der Waals surface area contributed by atoms with Crippen molar-refractivity contribution < 1.29 is 18.0 Å². The highest BCUT2D eigenvalue weighted by atomic mass is 35.5. The lowest BCUT2D eigenvalue weighted by atomic mass is 10.2. The fraction of sp³-hybridized carbons (Fsp3) is 0.375. The molecule has 0 atom stereocenters. The lowest BCUT2D eigenvalue weighted by Gasteiger charge is -2.03. The van der Waals surface area contributed by atoms with Crippen LogP contribution in [0.5, 0.6) is 0 Å². The van der Waals surface area contributed by atoms with Gasteiger partial charge in [0.2, 0.25) is 5.91 Å². The van der Waals surface area contributed by atoms with Crippen LogP contribution in [0.25, 0.3) is 11.3 Å². The molecule has 9 heteroatoms. The van der Waals surface area contributed by atoms with Crippen molar-refractivity contribution in [3.8, 4) is 11.3 Å². The molecule has 0 unspecified atom stereocenters. The van der Waals surface area contributed by atoms with E-state index >= 15 is 0 Å². The van der Waals surface area contributed by atoms with E-state index in [0.29, 0.717) is 18.9 Å². The van der Waals surface area contributed by atoms with Gasteiger partial charge >= 0.3 is 0 Å². The van der Waals surface area contributed by atoms with Gasteiger partial charge in [-0.3, -0.25) is 4.79 Å². The Labute approximate surface area is 157 Å². The number of oxazole rings is 1. The summed E-state index contributed by atoms with van der Waals surface area (Å²) in [6.45, 7) is 1.45. The summed E-state index contributed by atoms with van der Waals surface area (Å²) in [4.78, 5) is 15.7. The van der Waals surface area contributed by atoms with Gasteiger partial charge in [0.1, 0.15) is 11.6 Å². The van der Waals surface area contributed by atoms with E-state index in [1.165, 1.54) is 12.3 Å². The molecular weight excluding hydrogens is 375 g/mol. The van der Waals surface area contributed by atoms with Crippen molar-refractivity contribution in [2.24, 2.45) is 0 Å². The molecule has 1 aromatic heterocycles. The first-order valence-corrected chi connectivity index (χ1v) is 7.41. The summed E-state index contributed by atoms with van der Waals surface area (Å²) < 4.78 is 32.0. The Morgan fingerprint density at radius 2 is 2.00 bits per heavy atom. The van der Waals surface area contributed by atoms with E-state index in [4.69, 9.17) is 4.42 Å². The van der Waals surface area contributed by atoms with Gasteiger partial charge in [-0.1, -0.05) is 0 Å². The van der Waals surface area contributed by atoms with E-state index in [9.17, 15) is 13.6 Å². The lowest BCUT2D eigenvalue weighted by Crippen LogP contribution is -2.26. The molecule has 0 bridgehead atoms. The number of nitrogens with one attached hydrogen (secondary N) is 2. The quantitative estimate of drug-likeness (QED) is 0.673. The van der Waals surface area contributed by atoms with E-state index in [0.717, 1.165) is 25.1 Å². The minimum absolute atomic E-state index is 0. The first-order chi connectivity index (χ1) is 11.1. The molecule has 0 saturated carbocycles. The smallest absolute Gasteiger partial charge is 0.220 e. The molecule has 140 valence electrons. The number of benzene rings is 1. The molecule has 1 amide bonds. The van der Waals surface area contributed by atoms with Crippen LogP contribution in [-0.4, -0.2) is 31.0 Å². The summed E-state index contributed by atoms with van der Waals surface area (Å²) in [6, 6.07) is 3.23. The van der Waals surface area contributed by atoms with Crippen molar-refractivity contribution in [2.75, 3.05) is 20.1 Å². The van der Waals surface area contributed by atoms with E-state index in [1.807, 2.05) is 7.05 Å². The van der Waals surface area contributed by atoms with Crippen molar-refractivity contribution >= 4 is 30.7 Å². The number of hydrogen-bond donors (Lipinski definition) is 2. The van der Waals surface area contributed by atoms with E-state index in [2.05, 4.69) is 15.6 Å². The summed E-state index contributed by atoms with van der Waals surface area (Å²) >= 11 is 0. The van der Waals surface area contributed by atoms with Gasteiger partial charge in [0.05, 0.1) is 11.8 Å². The highest BCUT2D eigenvalue weighted by Gasteiger charge is 2.12. The molecule has 25 heavy (non-hydrogen) atoms. The normalized spacial score (nSPS) is 9.88. The second-order valence-electron chi connectivity index (χ2n) is 5.05. The molecule has 0 aliphatic rings. The molecule has 0 aliphatic carbocycles. The number of nitrogens with zero attached hydrogens (tertiary/aromatic N) is 1. The zero-order valence-corrected chi connectivity index (χ0v) is 15.3.